The van der Waals surface area contributed by atoms with E-state index in [-0.39, 0.29) is 34.5 Å². The van der Waals surface area contributed by atoms with Gasteiger partial charge in [0, 0.05) is 36.4 Å². The number of aromatic nitrogens is 1. The van der Waals surface area contributed by atoms with E-state index in [0.717, 1.165) is 63.9 Å². The van der Waals surface area contributed by atoms with E-state index in [0.29, 0.717) is 18.7 Å². The number of likely N-dealkylation sites (tertiary alicyclic amines) is 1. The van der Waals surface area contributed by atoms with Gasteiger partial charge in [0.2, 0.25) is 5.91 Å². The SMILES string of the molecule is O=C1CC2(CO1)CC(C(=O)N1CCC3(CC1)CC(c1ncc(F)cc1F)C3)C2. The summed E-state index contributed by atoms with van der Waals surface area (Å²) in [6.45, 7) is 1.95. The van der Waals surface area contributed by atoms with E-state index >= 15 is 0 Å². The molecule has 0 unspecified atom stereocenters. The zero-order valence-corrected chi connectivity index (χ0v) is 15.8. The van der Waals surface area contributed by atoms with Gasteiger partial charge in [-0.3, -0.25) is 14.6 Å². The molecule has 0 bridgehead atoms. The van der Waals surface area contributed by atoms with Gasteiger partial charge < -0.3 is 9.64 Å². The molecule has 5 nitrogen and oxygen atoms in total. The molecule has 1 amide bonds. The van der Waals surface area contributed by atoms with Crippen molar-refractivity contribution in [3.05, 3.63) is 29.6 Å². The van der Waals surface area contributed by atoms with Crippen LogP contribution in [-0.2, 0) is 14.3 Å². The molecule has 2 aliphatic heterocycles. The number of ether oxygens (including phenoxy) is 1. The Hall–Kier alpha value is -2.05. The lowest BCUT2D eigenvalue weighted by atomic mass is 9.56. The second-order valence-electron chi connectivity index (χ2n) is 9.39. The molecular weight excluding hydrogens is 366 g/mol. The Morgan fingerprint density at radius 3 is 2.46 bits per heavy atom. The third-order valence-corrected chi connectivity index (χ3v) is 7.48. The first-order chi connectivity index (χ1) is 13.4. The molecule has 4 fully saturated rings. The number of amides is 1. The summed E-state index contributed by atoms with van der Waals surface area (Å²) in [6, 6.07) is 0.906. The van der Waals surface area contributed by atoms with E-state index in [1.807, 2.05) is 4.90 Å². The highest BCUT2D eigenvalue weighted by molar-refractivity contribution is 5.81. The highest BCUT2D eigenvalue weighted by atomic mass is 19.1. The maximum absolute atomic E-state index is 13.9. The Morgan fingerprint density at radius 2 is 1.86 bits per heavy atom. The van der Waals surface area contributed by atoms with Crippen LogP contribution in [0.5, 0.6) is 0 Å². The number of esters is 1. The van der Waals surface area contributed by atoms with Gasteiger partial charge in [-0.15, -0.1) is 0 Å². The minimum absolute atomic E-state index is 0.0233. The van der Waals surface area contributed by atoms with Crippen molar-refractivity contribution in [3.8, 4) is 0 Å². The van der Waals surface area contributed by atoms with Crippen LogP contribution in [0.4, 0.5) is 8.78 Å². The summed E-state index contributed by atoms with van der Waals surface area (Å²) in [5.74, 6) is -1.06. The molecular formula is C21H24F2N2O3. The fraction of sp³-hybridized carbons (Fsp3) is 0.667. The van der Waals surface area contributed by atoms with E-state index in [2.05, 4.69) is 4.98 Å². The molecule has 7 heteroatoms. The molecule has 4 aliphatic rings. The van der Waals surface area contributed by atoms with Crippen LogP contribution in [0.1, 0.15) is 56.6 Å². The molecule has 3 heterocycles. The average Bonchev–Trinajstić information content (AvgIpc) is 3.01. The lowest BCUT2D eigenvalue weighted by Gasteiger charge is -2.53. The van der Waals surface area contributed by atoms with E-state index in [4.69, 9.17) is 4.74 Å². The highest BCUT2D eigenvalue weighted by Gasteiger charge is 2.54. The average molecular weight is 390 g/mol. The second-order valence-corrected chi connectivity index (χ2v) is 9.39. The summed E-state index contributed by atoms with van der Waals surface area (Å²) in [5.41, 5.74) is 0.455. The zero-order valence-electron chi connectivity index (χ0n) is 15.8. The Morgan fingerprint density at radius 1 is 1.14 bits per heavy atom. The van der Waals surface area contributed by atoms with E-state index < -0.39 is 11.6 Å². The zero-order chi connectivity index (χ0) is 19.5. The van der Waals surface area contributed by atoms with Crippen molar-refractivity contribution in [2.75, 3.05) is 19.7 Å². The van der Waals surface area contributed by atoms with Crippen molar-refractivity contribution in [1.82, 2.24) is 9.88 Å². The molecule has 5 rings (SSSR count). The van der Waals surface area contributed by atoms with Crippen molar-refractivity contribution in [2.45, 2.75) is 50.9 Å². The van der Waals surface area contributed by atoms with Crippen molar-refractivity contribution >= 4 is 11.9 Å². The van der Waals surface area contributed by atoms with Gasteiger partial charge in [0.1, 0.15) is 11.6 Å². The van der Waals surface area contributed by atoms with Gasteiger partial charge in [-0.05, 0) is 43.9 Å². The van der Waals surface area contributed by atoms with Crippen molar-refractivity contribution in [3.63, 3.8) is 0 Å². The summed E-state index contributed by atoms with van der Waals surface area (Å²) in [4.78, 5) is 30.0. The van der Waals surface area contributed by atoms with Crippen LogP contribution in [0.3, 0.4) is 0 Å². The molecule has 0 N–H and O–H groups in total. The smallest absolute Gasteiger partial charge is 0.306 e. The van der Waals surface area contributed by atoms with Gasteiger partial charge in [0.05, 0.1) is 24.9 Å². The number of hydrogen-bond donors (Lipinski definition) is 0. The number of cyclic esters (lactones) is 1. The maximum atomic E-state index is 13.9. The summed E-state index contributed by atoms with van der Waals surface area (Å²) in [6.07, 6.45) is 6.63. The molecule has 1 aromatic heterocycles. The van der Waals surface area contributed by atoms with Crippen LogP contribution in [0.2, 0.25) is 0 Å². The Bertz CT molecular complexity index is 821. The highest BCUT2D eigenvalue weighted by Crippen LogP contribution is 2.57. The van der Waals surface area contributed by atoms with Crippen molar-refractivity contribution in [1.29, 1.82) is 0 Å². The van der Waals surface area contributed by atoms with Crippen LogP contribution in [0.15, 0.2) is 12.3 Å². The topological polar surface area (TPSA) is 59.5 Å². The minimum atomic E-state index is -0.645. The molecule has 2 saturated carbocycles. The van der Waals surface area contributed by atoms with Crippen LogP contribution in [0, 0.1) is 28.4 Å². The fourth-order valence-corrected chi connectivity index (χ4v) is 5.84. The lowest BCUT2D eigenvalue weighted by molar-refractivity contribution is -0.147. The Labute approximate surface area is 162 Å². The predicted molar refractivity (Wildman–Crippen MR) is 95.1 cm³/mol. The van der Waals surface area contributed by atoms with Gasteiger partial charge >= 0.3 is 5.97 Å². The third-order valence-electron chi connectivity index (χ3n) is 7.48. The summed E-state index contributed by atoms with van der Waals surface area (Å²) in [5, 5.41) is 0. The third kappa shape index (κ3) is 2.90. The number of rotatable bonds is 2. The lowest BCUT2D eigenvalue weighted by Crippen LogP contribution is -2.52. The molecule has 2 aliphatic carbocycles. The molecule has 0 aromatic carbocycles. The normalized spacial score (nSPS) is 26.2. The maximum Gasteiger partial charge on any atom is 0.306 e. The van der Waals surface area contributed by atoms with Gasteiger partial charge in [-0.2, -0.15) is 0 Å². The Kier molecular flexibility index (Phi) is 4.00. The standard InChI is InChI=1S/C21H24F2N2O3/c22-15-5-16(23)18(24-11-15)13-6-20(7-13)1-3-25(4-2-20)19(27)14-8-21(9-14)10-17(26)28-12-21/h5,11,13-14H,1-4,6-10,12H2. The van der Waals surface area contributed by atoms with Crippen LogP contribution in [-0.4, -0.2) is 41.5 Å². The molecule has 0 atom stereocenters. The van der Waals surface area contributed by atoms with Crippen LogP contribution < -0.4 is 0 Å². The first kappa shape index (κ1) is 18.0. The fourth-order valence-electron chi connectivity index (χ4n) is 5.84. The largest absolute Gasteiger partial charge is 0.465 e. The number of pyridine rings is 1. The van der Waals surface area contributed by atoms with Crippen molar-refractivity contribution in [2.24, 2.45) is 16.7 Å². The first-order valence-electron chi connectivity index (χ1n) is 10.1. The van der Waals surface area contributed by atoms with E-state index in [1.165, 1.54) is 0 Å². The van der Waals surface area contributed by atoms with Gasteiger partial charge in [-0.25, -0.2) is 8.78 Å². The van der Waals surface area contributed by atoms with Crippen LogP contribution in [0.25, 0.3) is 0 Å². The molecule has 150 valence electrons. The van der Waals surface area contributed by atoms with Crippen LogP contribution >= 0.6 is 0 Å². The summed E-state index contributed by atoms with van der Waals surface area (Å²) >= 11 is 0. The molecule has 2 saturated heterocycles. The van der Waals surface area contributed by atoms with E-state index in [9.17, 15) is 18.4 Å². The summed E-state index contributed by atoms with van der Waals surface area (Å²) in [7, 11) is 0. The van der Waals surface area contributed by atoms with Gasteiger partial charge in [0.15, 0.2) is 0 Å². The number of carbonyl (C=O) groups is 2. The Balaban J connectivity index is 1.13. The molecule has 2 spiro atoms. The summed E-state index contributed by atoms with van der Waals surface area (Å²) < 4.78 is 32.1. The second kappa shape index (κ2) is 6.22. The monoisotopic (exact) mass is 390 g/mol. The van der Waals surface area contributed by atoms with Gasteiger partial charge in [-0.1, -0.05) is 0 Å². The number of hydrogen-bond acceptors (Lipinski definition) is 4. The van der Waals surface area contributed by atoms with Crippen molar-refractivity contribution < 1.29 is 23.1 Å². The number of halogens is 2. The number of piperidine rings is 1. The number of nitrogens with zero attached hydrogens (tertiary/aromatic N) is 2. The first-order valence-corrected chi connectivity index (χ1v) is 10.1. The number of carbonyl (C=O) groups excluding carboxylic acids is 2. The van der Waals surface area contributed by atoms with E-state index in [1.54, 1.807) is 0 Å². The minimum Gasteiger partial charge on any atom is -0.465 e. The molecule has 28 heavy (non-hydrogen) atoms. The quantitative estimate of drug-likeness (QED) is 0.728. The van der Waals surface area contributed by atoms with Gasteiger partial charge in [0.25, 0.3) is 0 Å². The molecule has 1 aromatic rings. The predicted octanol–water partition coefficient (Wildman–Crippen LogP) is 3.19. The molecule has 0 radical (unpaired) electrons.